The summed E-state index contributed by atoms with van der Waals surface area (Å²) < 4.78 is 0.628. The number of carbonyl (C=O) groups excluding carboxylic acids is 15. The maximum absolute atomic E-state index is 15.1. The molecule has 15 amide bonds. The van der Waals surface area contributed by atoms with Crippen molar-refractivity contribution in [2.24, 2.45) is 69.9 Å². The van der Waals surface area contributed by atoms with Gasteiger partial charge >= 0.3 is 0 Å². The van der Waals surface area contributed by atoms with E-state index in [0.29, 0.717) is 100 Å². The van der Waals surface area contributed by atoms with E-state index in [-0.39, 0.29) is 101 Å². The van der Waals surface area contributed by atoms with Gasteiger partial charge in [-0.1, -0.05) is 144 Å². The van der Waals surface area contributed by atoms with Crippen LogP contribution in [0.15, 0.2) is 60.8 Å². The predicted molar refractivity (Wildman–Crippen MR) is 499 cm³/mol. The fraction of sp³-hybridized carbons (Fsp3) is 0.685. The minimum Gasteiger partial charge on any atom is -1.00 e. The molecule has 15 atom stereocenters. The lowest BCUT2D eigenvalue weighted by Crippen LogP contribution is -3.00. The second kappa shape index (κ2) is 60.9. The Bertz CT molecular complexity index is 4030. The fourth-order valence-electron chi connectivity index (χ4n) is 14.7. The van der Waals surface area contributed by atoms with Crippen LogP contribution in [0.3, 0.4) is 0 Å². The van der Waals surface area contributed by atoms with Crippen LogP contribution in [-0.2, 0) is 84.8 Å². The molecule has 3 aromatic rings. The molecule has 27 N–H and O–H groups in total. The number of halogens is 1. The molecular weight excluding hydrogens is 1690 g/mol. The highest BCUT2D eigenvalue weighted by molar-refractivity contribution is 6.01. The van der Waals surface area contributed by atoms with Crippen LogP contribution < -0.4 is 121 Å². The molecule has 1 aromatic heterocycles. The Labute approximate surface area is 775 Å². The third-order valence-electron chi connectivity index (χ3n) is 22.4. The van der Waals surface area contributed by atoms with Crippen LogP contribution in [-0.4, -0.2) is 243 Å². The number of benzene rings is 2. The van der Waals surface area contributed by atoms with Gasteiger partial charge < -0.3 is 131 Å². The fourth-order valence-corrected chi connectivity index (χ4v) is 14.7. The normalized spacial score (nSPS) is 15.0. The Morgan fingerprint density at radius 3 is 1.15 bits per heavy atom. The molecule has 0 bridgehead atoms. The number of primary amides is 1. The van der Waals surface area contributed by atoms with Crippen LogP contribution in [0.5, 0.6) is 0 Å². The van der Waals surface area contributed by atoms with Crippen LogP contribution in [0, 0.1) is 35.5 Å². The number of para-hydroxylation sites is 1. The number of fused-ring (bicyclic) bond motifs is 1. The number of hydrogen-bond donors (Lipinski definition) is 21. The average Bonchev–Trinajstić information content (AvgIpc) is 1.63. The van der Waals surface area contributed by atoms with E-state index in [4.69, 9.17) is 34.4 Å². The van der Waals surface area contributed by atoms with Gasteiger partial charge in [0.1, 0.15) is 78.5 Å². The van der Waals surface area contributed by atoms with Crippen molar-refractivity contribution < 1.29 is 88.8 Å². The van der Waals surface area contributed by atoms with Crippen LogP contribution in [0.4, 0.5) is 0 Å². The first-order valence-corrected chi connectivity index (χ1v) is 46.3. The number of amides is 15. The number of nitrogens with zero attached hydrogens (tertiary/aromatic N) is 1. The van der Waals surface area contributed by atoms with E-state index in [9.17, 15) is 57.5 Å². The number of rotatable bonds is 64. The molecule has 0 radical (unpaired) electrons. The number of nitrogens with one attached hydrogen (secondary N) is 15. The first-order valence-electron chi connectivity index (χ1n) is 46.3. The van der Waals surface area contributed by atoms with Gasteiger partial charge in [-0.25, -0.2) is 0 Å². The molecule has 0 fully saturated rings. The van der Waals surface area contributed by atoms with Crippen LogP contribution in [0.1, 0.15) is 223 Å². The van der Waals surface area contributed by atoms with Crippen molar-refractivity contribution >= 4 is 99.5 Å². The van der Waals surface area contributed by atoms with E-state index in [0.717, 1.165) is 23.0 Å². The Morgan fingerprint density at radius 1 is 0.369 bits per heavy atom. The van der Waals surface area contributed by atoms with Crippen molar-refractivity contribution in [1.82, 2.24) is 79.4 Å². The van der Waals surface area contributed by atoms with Crippen LogP contribution in [0.25, 0.3) is 10.9 Å². The quantitative estimate of drug-likeness (QED) is 0.0217. The Morgan fingerprint density at radius 2 is 0.723 bits per heavy atom. The van der Waals surface area contributed by atoms with Gasteiger partial charge in [0.2, 0.25) is 88.6 Å². The summed E-state index contributed by atoms with van der Waals surface area (Å²) in [6.45, 7) is 23.8. The lowest BCUT2D eigenvalue weighted by molar-refractivity contribution is -0.870. The van der Waals surface area contributed by atoms with Gasteiger partial charge in [-0.3, -0.25) is 71.9 Å². The molecule has 2 aromatic carbocycles. The number of hydrogen-bond acceptors (Lipinski definition) is 20. The average molecular weight is 1850 g/mol. The summed E-state index contributed by atoms with van der Waals surface area (Å²) in [5.41, 5.74) is 37.6. The Balaban J connectivity index is 0.0000572. The van der Waals surface area contributed by atoms with Crippen molar-refractivity contribution in [3.05, 3.63) is 71.9 Å². The highest BCUT2D eigenvalue weighted by Gasteiger charge is 2.40. The second-order valence-electron chi connectivity index (χ2n) is 37.2. The van der Waals surface area contributed by atoms with Gasteiger partial charge in [0.05, 0.1) is 40.3 Å². The molecule has 0 unspecified atom stereocenters. The summed E-state index contributed by atoms with van der Waals surface area (Å²) in [4.78, 5) is 217. The zero-order valence-electron chi connectivity index (χ0n) is 79.8. The number of quaternary nitrogens is 1. The van der Waals surface area contributed by atoms with Gasteiger partial charge in [0.25, 0.3) is 0 Å². The zero-order chi connectivity index (χ0) is 96.8. The van der Waals surface area contributed by atoms with Gasteiger partial charge in [-0.2, -0.15) is 0 Å². The first kappa shape index (κ1) is 116. The molecule has 0 aliphatic carbocycles. The Hall–Kier alpha value is -9.92. The molecule has 130 heavy (non-hydrogen) atoms. The number of aromatic amines is 1. The summed E-state index contributed by atoms with van der Waals surface area (Å²) in [7, 11) is 6.11. The van der Waals surface area contributed by atoms with Gasteiger partial charge in [0.15, 0.2) is 0 Å². The predicted octanol–water partition coefficient (Wildman–Crippen LogP) is -1.90. The summed E-state index contributed by atoms with van der Waals surface area (Å²) >= 11 is 0. The molecular formula is C92H159ClN22O15. The van der Waals surface area contributed by atoms with Gasteiger partial charge in [0, 0.05) is 29.9 Å². The smallest absolute Gasteiger partial charge is 0.243 e. The Kier molecular flexibility index (Phi) is 54.4. The SMILES string of the molecule is CC[C@H](C)[C@H](NC(=O)[C@H](CCCCN)NC(=O)[C@H](CCCCN)NC(=O)[C@H](Cc1ccccc1)NC(=O)[C@H](CC(C)C)NC(=O)[C@H](CCCC[N+](C)(C)C)NC(=O)[C@H](Cc1c[nH]c2ccccc12)NC(=O)[C@@H](N)CCCCN)C(=O)NCC(=O)N[C@@H](C)C(=O)N[C@H](C(=O)N[C@@H](CC(C)C)C(=O)N[C@@H](CCCCN)C(=O)N[C@H](C(=O)N[C@@H](CC(C)C)C(N)=O)C(C)C)C(C)C.[Cl-]. The number of unbranched alkanes of at least 4 members (excludes halogenated alkanes) is 5. The van der Waals surface area contributed by atoms with Gasteiger partial charge in [-0.05, 0) is 195 Å². The van der Waals surface area contributed by atoms with E-state index in [1.807, 2.05) is 87.0 Å². The van der Waals surface area contributed by atoms with Gasteiger partial charge in [-0.15, -0.1) is 0 Å². The van der Waals surface area contributed by atoms with Crippen molar-refractivity contribution in [2.45, 2.75) is 309 Å². The number of nitrogens with two attached hydrogens (primary N) is 6. The molecule has 3 rings (SSSR count). The molecule has 0 saturated heterocycles. The minimum atomic E-state index is -1.38. The number of carbonyl (C=O) groups is 15. The van der Waals surface area contributed by atoms with E-state index in [2.05, 4.69) is 79.4 Å². The van der Waals surface area contributed by atoms with Crippen molar-refractivity contribution in [3.63, 3.8) is 0 Å². The summed E-state index contributed by atoms with van der Waals surface area (Å²) in [6, 6.07) is -0.837. The lowest BCUT2D eigenvalue weighted by Gasteiger charge is -2.29. The van der Waals surface area contributed by atoms with E-state index in [1.54, 1.807) is 78.1 Å². The molecule has 734 valence electrons. The first-order chi connectivity index (χ1) is 60.9. The van der Waals surface area contributed by atoms with Crippen molar-refractivity contribution in [3.8, 4) is 0 Å². The third kappa shape index (κ3) is 43.4. The highest BCUT2D eigenvalue weighted by Crippen LogP contribution is 2.22. The van der Waals surface area contributed by atoms with Crippen LogP contribution >= 0.6 is 0 Å². The maximum atomic E-state index is 15.1. The minimum absolute atomic E-state index is 0. The van der Waals surface area contributed by atoms with Crippen molar-refractivity contribution in [1.29, 1.82) is 0 Å². The van der Waals surface area contributed by atoms with E-state index >= 15 is 14.4 Å². The number of aromatic nitrogens is 1. The van der Waals surface area contributed by atoms with Crippen molar-refractivity contribution in [2.75, 3.05) is 60.4 Å². The zero-order valence-corrected chi connectivity index (χ0v) is 80.6. The molecule has 0 spiro atoms. The topological polar surface area (TPSA) is 596 Å². The largest absolute Gasteiger partial charge is 1.00 e. The molecule has 0 saturated carbocycles. The molecule has 0 aliphatic rings. The van der Waals surface area contributed by atoms with Crippen LogP contribution in [0.2, 0.25) is 0 Å². The standard InChI is InChI=1S/C92H158N22O15.ClH/c1-17-59(12)78(90(127)100-53-75(115)101-60(13)80(117)111-76(57(8)9)92(129)110-72(49-56(6)7)86(123)105-68(39-25-30-44-95)84(121)112-77(58(10)11)91(128)106-70(79(98)116)47-54(2)3)113-85(122)69(40-26-31-45-96)102-82(119)66(38-24-29-43-94)103-88(125)73(50-61-33-19-18-20-34-61)109-87(124)71(48-55(4)5)108-83(120)67(41-27-32-46-114(14,15)16)104-89(126)74(107-81(118)64(97)36-23-28-42-93)51-62-52-99-65-37-22-21-35-63(62)65;/h18-22,33-35,37,52,54-60,64,66-74,76-78,99H,17,23-32,36,38-51,53,93-97H2,1-16H3,(H15-,98,100,101,102,103,104,105,106,107,108,109,110,111,112,113,115,116,117,118,119,120,121,122,123,124,125,126,127,128,129);1H/t59-,60-,64-,66-,67-,68-,69-,70-,71-,72-,73-,74-,76-,77-,78-;/m0./s1. The summed E-state index contributed by atoms with van der Waals surface area (Å²) in [5, 5.41) is 39.5. The number of H-pyrrole nitrogens is 1. The highest BCUT2D eigenvalue weighted by atomic mass is 35.5. The molecule has 1 heterocycles. The summed E-state index contributed by atoms with van der Waals surface area (Å²) in [5.74, 6) is -13.0. The van der Waals surface area contributed by atoms with E-state index < -0.39 is 197 Å². The molecule has 0 aliphatic heterocycles. The molecule has 38 heteroatoms. The lowest BCUT2D eigenvalue weighted by atomic mass is 9.97. The van der Waals surface area contributed by atoms with E-state index in [1.165, 1.54) is 6.92 Å². The monoisotopic (exact) mass is 1850 g/mol. The second-order valence-corrected chi connectivity index (χ2v) is 37.2. The third-order valence-corrected chi connectivity index (χ3v) is 22.4. The molecule has 37 nitrogen and oxygen atoms in total. The summed E-state index contributed by atoms with van der Waals surface area (Å²) in [6.07, 6.45) is 7.86. The maximum Gasteiger partial charge on any atom is 0.243 e.